The summed E-state index contributed by atoms with van der Waals surface area (Å²) >= 11 is 0. The number of amides is 3. The van der Waals surface area contributed by atoms with Crippen LogP contribution in [0.4, 0.5) is 15.9 Å². The summed E-state index contributed by atoms with van der Waals surface area (Å²) in [6.07, 6.45) is 3.80. The van der Waals surface area contributed by atoms with Crippen molar-refractivity contribution >= 4 is 40.3 Å². The van der Waals surface area contributed by atoms with Crippen molar-refractivity contribution in [2.24, 2.45) is 0 Å². The molecule has 38 heavy (non-hydrogen) atoms. The van der Waals surface area contributed by atoms with E-state index in [1.807, 2.05) is 0 Å². The molecule has 3 N–H and O–H groups in total. The molecule has 13 heteroatoms. The van der Waals surface area contributed by atoms with Crippen molar-refractivity contribution in [2.45, 2.75) is 25.3 Å². The molecule has 12 nitrogen and oxygen atoms in total. The number of hydrogen-bond acceptors (Lipinski definition) is 8. The van der Waals surface area contributed by atoms with Crippen molar-refractivity contribution in [3.8, 4) is 5.75 Å². The molecule has 0 radical (unpaired) electrons. The Kier molecular flexibility index (Phi) is 7.55. The van der Waals surface area contributed by atoms with Crippen molar-refractivity contribution in [3.05, 3.63) is 48.2 Å². The van der Waals surface area contributed by atoms with Gasteiger partial charge in [-0.2, -0.15) is 5.10 Å². The van der Waals surface area contributed by atoms with Crippen LogP contribution >= 0.6 is 0 Å². The molecule has 3 heterocycles. The molecule has 3 aromatic rings. The highest BCUT2D eigenvalue weighted by molar-refractivity contribution is 6.13. The van der Waals surface area contributed by atoms with E-state index < -0.39 is 11.7 Å². The van der Waals surface area contributed by atoms with Crippen LogP contribution in [0.25, 0.3) is 11.0 Å². The van der Waals surface area contributed by atoms with Crippen molar-refractivity contribution in [3.63, 3.8) is 0 Å². The highest BCUT2D eigenvalue weighted by Crippen LogP contribution is 2.33. The first-order valence-corrected chi connectivity index (χ1v) is 11.9. The third-order valence-electron chi connectivity index (χ3n) is 6.43. The van der Waals surface area contributed by atoms with Crippen LogP contribution in [0.1, 0.15) is 34.9 Å². The second-order valence-electron chi connectivity index (χ2n) is 9.07. The molecule has 200 valence electrons. The minimum atomic E-state index is -0.757. The number of rotatable bonds is 7. The largest absolute Gasteiger partial charge is 0.492 e. The number of likely N-dealkylation sites (N-methyl/N-ethyl adjacent to an activating group) is 1. The lowest BCUT2D eigenvalue weighted by molar-refractivity contribution is -0.128. The fourth-order valence-electron chi connectivity index (χ4n) is 4.43. The number of nitrogens with two attached hydrogens (primary N) is 1. The first-order chi connectivity index (χ1) is 18.2. The van der Waals surface area contributed by atoms with E-state index in [2.05, 4.69) is 27.0 Å². The Bertz CT molecular complexity index is 1420. The third kappa shape index (κ3) is 4.99. The SMILES string of the molecule is C=CC(=O)N1CCC[C@@H](n2nc(C(=O)Nc3ccc(CC(=O)N(C)C)c(F)c3OC)c3c(N)ncnc32)C1. The van der Waals surface area contributed by atoms with Gasteiger partial charge in [0.2, 0.25) is 11.8 Å². The first kappa shape index (κ1) is 26.5. The van der Waals surface area contributed by atoms with Gasteiger partial charge in [0.1, 0.15) is 12.1 Å². The number of hydrogen-bond donors (Lipinski definition) is 2. The maximum atomic E-state index is 15.2. The van der Waals surface area contributed by atoms with E-state index in [1.54, 1.807) is 23.7 Å². The highest BCUT2D eigenvalue weighted by Gasteiger charge is 2.30. The number of likely N-dealkylation sites (tertiary alicyclic amines) is 1. The van der Waals surface area contributed by atoms with E-state index in [1.165, 1.54) is 36.5 Å². The molecule has 0 unspecified atom stereocenters. The number of anilines is 2. The van der Waals surface area contributed by atoms with Crippen LogP contribution in [-0.2, 0) is 16.0 Å². The summed E-state index contributed by atoms with van der Waals surface area (Å²) in [6.45, 7) is 4.50. The summed E-state index contributed by atoms with van der Waals surface area (Å²) in [5.41, 5.74) is 6.58. The van der Waals surface area contributed by atoms with E-state index in [4.69, 9.17) is 10.5 Å². The van der Waals surface area contributed by atoms with Crippen LogP contribution in [0, 0.1) is 5.82 Å². The van der Waals surface area contributed by atoms with Crippen LogP contribution in [0.15, 0.2) is 31.1 Å². The number of fused-ring (bicyclic) bond motifs is 1. The fraction of sp³-hybridized carbons (Fsp3) is 0.360. The van der Waals surface area contributed by atoms with Gasteiger partial charge in [0.05, 0.1) is 30.6 Å². The molecule has 1 fully saturated rings. The number of halogens is 1. The fourth-order valence-corrected chi connectivity index (χ4v) is 4.43. The lowest BCUT2D eigenvalue weighted by Gasteiger charge is -2.32. The summed E-state index contributed by atoms with van der Waals surface area (Å²) in [5.74, 6) is -2.08. The average molecular weight is 525 g/mol. The normalized spacial score (nSPS) is 15.3. The number of aromatic nitrogens is 4. The van der Waals surface area contributed by atoms with Gasteiger partial charge in [-0.25, -0.2) is 19.0 Å². The predicted molar refractivity (Wildman–Crippen MR) is 138 cm³/mol. The first-order valence-electron chi connectivity index (χ1n) is 11.9. The topological polar surface area (TPSA) is 149 Å². The molecular weight excluding hydrogens is 495 g/mol. The Morgan fingerprint density at radius 3 is 2.76 bits per heavy atom. The summed E-state index contributed by atoms with van der Waals surface area (Å²) in [6, 6.07) is 2.61. The maximum absolute atomic E-state index is 15.2. The average Bonchev–Trinajstić information content (AvgIpc) is 3.31. The molecule has 0 saturated carbocycles. The molecule has 0 bridgehead atoms. The number of nitrogens with one attached hydrogen (secondary N) is 1. The Balaban J connectivity index is 1.68. The number of nitrogens with zero attached hydrogens (tertiary/aromatic N) is 6. The van der Waals surface area contributed by atoms with Gasteiger partial charge in [-0.15, -0.1) is 0 Å². The summed E-state index contributed by atoms with van der Waals surface area (Å²) in [4.78, 5) is 49.0. The number of methoxy groups -OCH3 is 1. The van der Waals surface area contributed by atoms with Gasteiger partial charge in [-0.3, -0.25) is 14.4 Å². The van der Waals surface area contributed by atoms with Gasteiger partial charge < -0.3 is 25.6 Å². The van der Waals surface area contributed by atoms with Crippen LogP contribution in [0.3, 0.4) is 0 Å². The standard InChI is InChI=1S/C25H29FN8O4/c1-5-17(35)33-10-6-7-15(12-33)34-24-19(23(27)28-13-29-24)21(31-34)25(37)30-16-9-8-14(11-18(36)32(2)3)20(26)22(16)38-4/h5,8-9,13,15H,1,6-7,10-12H2,2-4H3,(H,30,37)(H2,27,28,29)/t15-/m1/s1. The predicted octanol–water partition coefficient (Wildman–Crippen LogP) is 1.79. The van der Waals surface area contributed by atoms with Crippen LogP contribution < -0.4 is 15.8 Å². The van der Waals surface area contributed by atoms with Crippen LogP contribution in [0.2, 0.25) is 0 Å². The van der Waals surface area contributed by atoms with Crippen LogP contribution in [-0.4, -0.2) is 81.6 Å². The van der Waals surface area contributed by atoms with E-state index >= 15 is 4.39 Å². The molecule has 1 aromatic carbocycles. The van der Waals surface area contributed by atoms with Crippen molar-refractivity contribution in [2.75, 3.05) is 45.3 Å². The van der Waals surface area contributed by atoms with Crippen molar-refractivity contribution in [1.29, 1.82) is 0 Å². The molecule has 4 rings (SSSR count). The molecule has 1 aliphatic heterocycles. The van der Waals surface area contributed by atoms with Gasteiger partial charge in [0.15, 0.2) is 22.9 Å². The van der Waals surface area contributed by atoms with Crippen molar-refractivity contribution in [1.82, 2.24) is 29.5 Å². The zero-order valence-electron chi connectivity index (χ0n) is 21.4. The molecular formula is C25H29FN8O4. The maximum Gasteiger partial charge on any atom is 0.277 e. The lowest BCUT2D eigenvalue weighted by atomic mass is 10.1. The molecule has 1 aliphatic rings. The second kappa shape index (κ2) is 10.8. The quantitative estimate of drug-likeness (QED) is 0.445. The number of benzene rings is 1. The lowest BCUT2D eigenvalue weighted by Crippen LogP contribution is -2.40. The summed E-state index contributed by atoms with van der Waals surface area (Å²) < 4.78 is 22.0. The molecule has 0 spiro atoms. The Hall–Kier alpha value is -4.55. The van der Waals surface area contributed by atoms with E-state index in [-0.39, 0.29) is 58.2 Å². The number of carbonyl (C=O) groups excluding carboxylic acids is 3. The van der Waals surface area contributed by atoms with E-state index in [0.717, 1.165) is 6.42 Å². The Labute approximate surface area is 218 Å². The number of ether oxygens (including phenoxy) is 1. The minimum Gasteiger partial charge on any atom is -0.492 e. The zero-order chi connectivity index (χ0) is 27.6. The molecule has 2 aromatic heterocycles. The third-order valence-corrected chi connectivity index (χ3v) is 6.43. The van der Waals surface area contributed by atoms with E-state index in [9.17, 15) is 14.4 Å². The molecule has 1 atom stereocenters. The van der Waals surface area contributed by atoms with Crippen molar-refractivity contribution < 1.29 is 23.5 Å². The van der Waals surface area contributed by atoms with Gasteiger partial charge in [0, 0.05) is 32.7 Å². The molecule has 0 aliphatic carbocycles. The van der Waals surface area contributed by atoms with E-state index in [0.29, 0.717) is 25.2 Å². The zero-order valence-corrected chi connectivity index (χ0v) is 21.4. The minimum absolute atomic E-state index is 0.0506. The van der Waals surface area contributed by atoms with Gasteiger partial charge in [-0.05, 0) is 25.0 Å². The van der Waals surface area contributed by atoms with Crippen LogP contribution in [0.5, 0.6) is 5.75 Å². The van der Waals surface area contributed by atoms with Gasteiger partial charge >= 0.3 is 0 Å². The molecule has 3 amide bonds. The summed E-state index contributed by atoms with van der Waals surface area (Å²) in [7, 11) is 4.42. The molecule has 1 saturated heterocycles. The highest BCUT2D eigenvalue weighted by atomic mass is 19.1. The van der Waals surface area contributed by atoms with Gasteiger partial charge in [-0.1, -0.05) is 12.6 Å². The Morgan fingerprint density at radius 2 is 2.08 bits per heavy atom. The monoisotopic (exact) mass is 524 g/mol. The Morgan fingerprint density at radius 1 is 1.32 bits per heavy atom. The number of nitrogen functional groups attached to an aromatic ring is 1. The number of carbonyl (C=O) groups is 3. The smallest absolute Gasteiger partial charge is 0.277 e. The summed E-state index contributed by atoms with van der Waals surface area (Å²) in [5, 5.41) is 7.39. The number of piperidine rings is 1. The van der Waals surface area contributed by atoms with Gasteiger partial charge in [0.25, 0.3) is 5.91 Å². The second-order valence-corrected chi connectivity index (χ2v) is 9.07.